The minimum atomic E-state index is -4.35. The van der Waals surface area contributed by atoms with Gasteiger partial charge in [0, 0.05) is 30.7 Å². The fourth-order valence-electron chi connectivity index (χ4n) is 2.66. The highest BCUT2D eigenvalue weighted by atomic mass is 79.9. The van der Waals surface area contributed by atoms with Gasteiger partial charge in [0.15, 0.2) is 11.5 Å². The molecule has 0 saturated carbocycles. The summed E-state index contributed by atoms with van der Waals surface area (Å²) in [6.07, 6.45) is -4.35. The topological polar surface area (TPSA) is 33.7 Å². The Kier molecular flexibility index (Phi) is 4.02. The second kappa shape index (κ2) is 5.66. The van der Waals surface area contributed by atoms with E-state index in [2.05, 4.69) is 21.2 Å². The number of nitrogens with zero attached hydrogens (tertiary/aromatic N) is 1. The van der Waals surface area contributed by atoms with Gasteiger partial charge in [0.25, 0.3) is 0 Å². The average molecular weight is 367 g/mol. The fourth-order valence-corrected chi connectivity index (χ4v) is 3.20. The van der Waals surface area contributed by atoms with Gasteiger partial charge >= 0.3 is 6.18 Å². The zero-order valence-corrected chi connectivity index (χ0v) is 12.6. The monoisotopic (exact) mass is 366 g/mol. The molecule has 1 N–H and O–H groups in total. The molecule has 8 heteroatoms. The molecule has 0 radical (unpaired) electrons. The van der Waals surface area contributed by atoms with Crippen molar-refractivity contribution in [1.82, 2.24) is 10.2 Å². The van der Waals surface area contributed by atoms with Gasteiger partial charge in [-0.1, -0.05) is 15.9 Å². The fraction of sp³-hybridized carbons (Fsp3) is 0.538. The SMILES string of the molecule is FC(F)(F)[C@H](c1cc2c(cc1Br)OCO2)N1CCNCC1. The lowest BCUT2D eigenvalue weighted by atomic mass is 10.0. The molecule has 4 nitrogen and oxygen atoms in total. The van der Waals surface area contributed by atoms with E-state index in [9.17, 15) is 13.2 Å². The first-order valence-electron chi connectivity index (χ1n) is 6.57. The number of benzene rings is 1. The lowest BCUT2D eigenvalue weighted by molar-refractivity contribution is -0.188. The summed E-state index contributed by atoms with van der Waals surface area (Å²) >= 11 is 3.23. The number of piperazine rings is 1. The lowest BCUT2D eigenvalue weighted by Crippen LogP contribution is -2.49. The van der Waals surface area contributed by atoms with E-state index in [4.69, 9.17) is 9.47 Å². The molecule has 2 heterocycles. The summed E-state index contributed by atoms with van der Waals surface area (Å²) in [5, 5.41) is 3.06. The second-order valence-electron chi connectivity index (χ2n) is 4.96. The predicted molar refractivity (Wildman–Crippen MR) is 73.5 cm³/mol. The summed E-state index contributed by atoms with van der Waals surface area (Å²) in [6.45, 7) is 1.84. The molecule has 1 fully saturated rings. The van der Waals surface area contributed by atoms with Crippen LogP contribution in [-0.2, 0) is 0 Å². The summed E-state index contributed by atoms with van der Waals surface area (Å²) in [5.41, 5.74) is 0.161. The molecule has 1 saturated heterocycles. The van der Waals surface area contributed by atoms with Gasteiger partial charge in [-0.25, -0.2) is 0 Å². The molecule has 0 aromatic heterocycles. The molecule has 0 bridgehead atoms. The highest BCUT2D eigenvalue weighted by molar-refractivity contribution is 9.10. The molecule has 1 atom stereocenters. The molecule has 1 aromatic carbocycles. The molecule has 3 rings (SSSR count). The van der Waals surface area contributed by atoms with Crippen LogP contribution in [-0.4, -0.2) is 44.0 Å². The van der Waals surface area contributed by atoms with Gasteiger partial charge in [0.2, 0.25) is 6.79 Å². The molecule has 0 aliphatic carbocycles. The van der Waals surface area contributed by atoms with Crippen molar-refractivity contribution in [3.8, 4) is 11.5 Å². The maximum atomic E-state index is 13.6. The van der Waals surface area contributed by atoms with Crippen molar-refractivity contribution in [3.05, 3.63) is 22.2 Å². The van der Waals surface area contributed by atoms with Crippen molar-refractivity contribution in [2.24, 2.45) is 0 Å². The molecule has 0 unspecified atom stereocenters. The Morgan fingerprint density at radius 1 is 1.14 bits per heavy atom. The van der Waals surface area contributed by atoms with Crippen LogP contribution in [0.2, 0.25) is 0 Å². The Hall–Kier alpha value is -0.990. The minimum Gasteiger partial charge on any atom is -0.454 e. The molecular formula is C13H14BrF3N2O2. The molecule has 2 aliphatic heterocycles. The van der Waals surface area contributed by atoms with Crippen molar-refractivity contribution in [2.75, 3.05) is 33.0 Å². The number of rotatable bonds is 2. The van der Waals surface area contributed by atoms with Crippen LogP contribution in [0.3, 0.4) is 0 Å². The molecule has 116 valence electrons. The Labute approximate surface area is 128 Å². The third-order valence-electron chi connectivity index (χ3n) is 3.61. The lowest BCUT2D eigenvalue weighted by Gasteiger charge is -2.36. The number of hydrogen-bond acceptors (Lipinski definition) is 4. The summed E-state index contributed by atoms with van der Waals surface area (Å²) < 4.78 is 51.5. The van der Waals surface area contributed by atoms with Crippen LogP contribution in [0.15, 0.2) is 16.6 Å². The number of hydrogen-bond donors (Lipinski definition) is 1. The second-order valence-corrected chi connectivity index (χ2v) is 5.81. The van der Waals surface area contributed by atoms with Crippen LogP contribution in [0.1, 0.15) is 11.6 Å². The van der Waals surface area contributed by atoms with Crippen molar-refractivity contribution in [3.63, 3.8) is 0 Å². The number of alkyl halides is 3. The van der Waals surface area contributed by atoms with Crippen molar-refractivity contribution < 1.29 is 22.6 Å². The minimum absolute atomic E-state index is 0.0372. The van der Waals surface area contributed by atoms with Crippen LogP contribution in [0, 0.1) is 0 Å². The summed E-state index contributed by atoms with van der Waals surface area (Å²) in [7, 11) is 0. The van der Waals surface area contributed by atoms with E-state index >= 15 is 0 Å². The molecule has 2 aliphatic rings. The van der Waals surface area contributed by atoms with Crippen LogP contribution in [0.25, 0.3) is 0 Å². The zero-order valence-electron chi connectivity index (χ0n) is 11.0. The van der Waals surface area contributed by atoms with E-state index in [0.717, 1.165) is 0 Å². The van der Waals surface area contributed by atoms with Crippen LogP contribution >= 0.6 is 15.9 Å². The first-order chi connectivity index (χ1) is 9.97. The molecule has 1 aromatic rings. The van der Waals surface area contributed by atoms with Gasteiger partial charge in [-0.15, -0.1) is 0 Å². The number of ether oxygens (including phenoxy) is 2. The first-order valence-corrected chi connectivity index (χ1v) is 7.36. The number of nitrogens with one attached hydrogen (secondary N) is 1. The van der Waals surface area contributed by atoms with Gasteiger partial charge in [-0.05, 0) is 17.7 Å². The normalized spacial score (nSPS) is 20.6. The van der Waals surface area contributed by atoms with Crippen LogP contribution in [0.5, 0.6) is 11.5 Å². The first kappa shape index (κ1) is 14.9. The van der Waals surface area contributed by atoms with Gasteiger partial charge in [0.1, 0.15) is 6.04 Å². The van der Waals surface area contributed by atoms with Crippen LogP contribution < -0.4 is 14.8 Å². The summed E-state index contributed by atoms with van der Waals surface area (Å²) in [6, 6.07) is 1.31. The van der Waals surface area contributed by atoms with E-state index in [1.807, 2.05) is 0 Å². The van der Waals surface area contributed by atoms with E-state index in [-0.39, 0.29) is 12.4 Å². The van der Waals surface area contributed by atoms with Gasteiger partial charge < -0.3 is 14.8 Å². The zero-order chi connectivity index (χ0) is 15.0. The van der Waals surface area contributed by atoms with Crippen molar-refractivity contribution >= 4 is 15.9 Å². The highest BCUT2D eigenvalue weighted by Gasteiger charge is 2.46. The Bertz CT molecular complexity index is 533. The smallest absolute Gasteiger partial charge is 0.408 e. The van der Waals surface area contributed by atoms with Crippen molar-refractivity contribution in [1.29, 1.82) is 0 Å². The number of fused-ring (bicyclic) bond motifs is 1. The predicted octanol–water partition coefficient (Wildman–Crippen LogP) is 2.69. The van der Waals surface area contributed by atoms with Gasteiger partial charge in [0.05, 0.1) is 0 Å². The third kappa shape index (κ3) is 2.97. The van der Waals surface area contributed by atoms with E-state index in [0.29, 0.717) is 42.2 Å². The van der Waals surface area contributed by atoms with E-state index < -0.39 is 12.2 Å². The van der Waals surface area contributed by atoms with Crippen molar-refractivity contribution in [2.45, 2.75) is 12.2 Å². The molecule has 0 amide bonds. The summed E-state index contributed by atoms with van der Waals surface area (Å²) in [5.74, 6) is 0.824. The Morgan fingerprint density at radius 2 is 1.76 bits per heavy atom. The molecule has 21 heavy (non-hydrogen) atoms. The van der Waals surface area contributed by atoms with Gasteiger partial charge in [-0.3, -0.25) is 4.90 Å². The quantitative estimate of drug-likeness (QED) is 0.872. The third-order valence-corrected chi connectivity index (χ3v) is 4.30. The Morgan fingerprint density at radius 3 is 2.38 bits per heavy atom. The largest absolute Gasteiger partial charge is 0.454 e. The van der Waals surface area contributed by atoms with E-state index in [1.165, 1.54) is 11.0 Å². The molecular weight excluding hydrogens is 353 g/mol. The van der Waals surface area contributed by atoms with E-state index in [1.54, 1.807) is 6.07 Å². The number of halogens is 4. The molecule has 0 spiro atoms. The standard InChI is InChI=1S/C13H14BrF3N2O2/c14-9-6-11-10(20-7-21-11)5-8(9)12(13(15,16)17)19-3-1-18-2-4-19/h5-6,12,18H,1-4,7H2/t12-/m0/s1. The average Bonchev–Trinajstić information content (AvgIpc) is 2.86. The Balaban J connectivity index is 2.00. The summed E-state index contributed by atoms with van der Waals surface area (Å²) in [4.78, 5) is 1.44. The highest BCUT2D eigenvalue weighted by Crippen LogP contribution is 2.45. The maximum Gasteiger partial charge on any atom is 0.408 e. The van der Waals surface area contributed by atoms with Crippen LogP contribution in [0.4, 0.5) is 13.2 Å². The maximum absolute atomic E-state index is 13.6. The van der Waals surface area contributed by atoms with Gasteiger partial charge in [-0.2, -0.15) is 13.2 Å².